The number of ether oxygens (including phenoxy) is 2. The van der Waals surface area contributed by atoms with Crippen LogP contribution in [0.1, 0.15) is 18.1 Å². The van der Waals surface area contributed by atoms with Gasteiger partial charge in [0.15, 0.2) is 11.7 Å². The largest absolute Gasteiger partial charge is 0.481 e. The van der Waals surface area contributed by atoms with E-state index in [9.17, 15) is 9.18 Å². The van der Waals surface area contributed by atoms with E-state index >= 15 is 0 Å². The van der Waals surface area contributed by atoms with Gasteiger partial charge in [0, 0.05) is 56.7 Å². The normalized spacial score (nSPS) is 11.6. The maximum Gasteiger partial charge on any atom is 0.400 e. The molecule has 4 aromatic rings. The Hall–Kier alpha value is -2.48. The average molecular weight is 557 g/mol. The number of aromatic nitrogens is 1. The van der Waals surface area contributed by atoms with Crippen LogP contribution in [0.15, 0.2) is 52.9 Å². The van der Waals surface area contributed by atoms with Crippen molar-refractivity contribution in [2.24, 2.45) is 0 Å². The molecule has 0 aliphatic rings. The maximum absolute atomic E-state index is 14.3. The Morgan fingerprint density at radius 1 is 1.15 bits per heavy atom. The van der Waals surface area contributed by atoms with Crippen molar-refractivity contribution in [2.45, 2.75) is 26.9 Å². The SMILES string of the molecule is Cc1[c-]c(N(C)C(=O)[C@@H](C)Oc2ccc(Oc3nc4ccc(Cl)cc4o3)cc2)c(F)cc1C.[Y]. The van der Waals surface area contributed by atoms with Gasteiger partial charge >= 0.3 is 6.08 Å². The average Bonchev–Trinajstić information content (AvgIpc) is 3.17. The summed E-state index contributed by atoms with van der Waals surface area (Å²) in [5.74, 6) is 0.0105. The summed E-state index contributed by atoms with van der Waals surface area (Å²) in [4.78, 5) is 18.2. The molecule has 0 spiro atoms. The zero-order valence-corrected chi connectivity index (χ0v) is 22.7. The molecular weight excluding hydrogens is 536 g/mol. The minimum absolute atomic E-state index is 0. The van der Waals surface area contributed by atoms with Crippen LogP contribution in [0.5, 0.6) is 17.6 Å². The fourth-order valence-corrected chi connectivity index (χ4v) is 3.35. The number of hydrogen-bond acceptors (Lipinski definition) is 5. The zero-order chi connectivity index (χ0) is 23.7. The van der Waals surface area contributed by atoms with E-state index < -0.39 is 17.8 Å². The quantitative estimate of drug-likeness (QED) is 0.262. The molecule has 1 atom stereocenters. The second-order valence-electron chi connectivity index (χ2n) is 7.60. The number of fused-ring (bicyclic) bond motifs is 1. The number of carbonyl (C=O) groups excluding carboxylic acids is 1. The van der Waals surface area contributed by atoms with Crippen LogP contribution in [0.2, 0.25) is 5.02 Å². The van der Waals surface area contributed by atoms with Crippen LogP contribution < -0.4 is 14.4 Å². The van der Waals surface area contributed by atoms with Gasteiger partial charge in [-0.25, -0.2) is 0 Å². The maximum atomic E-state index is 14.3. The number of aryl methyl sites for hydroxylation is 2. The smallest absolute Gasteiger partial charge is 0.400 e. The Bertz CT molecular complexity index is 1330. The molecule has 0 saturated heterocycles. The standard InChI is InChI=1S/C25H21ClFN2O4.Y/c1-14-11-20(27)22(12-15(14)2)29(4)24(30)16(3)31-18-6-8-19(9-7-18)32-25-28-21-10-5-17(26)13-23(21)33-25;/h5-11,13,16H,1-4H3;/q-1;/t16-;/m1./s1. The van der Waals surface area contributed by atoms with Gasteiger partial charge in [0.25, 0.3) is 5.91 Å². The molecule has 0 N–H and O–H groups in total. The minimum Gasteiger partial charge on any atom is -0.481 e. The summed E-state index contributed by atoms with van der Waals surface area (Å²) in [5.41, 5.74) is 2.78. The second-order valence-corrected chi connectivity index (χ2v) is 8.03. The Morgan fingerprint density at radius 3 is 2.53 bits per heavy atom. The Balaban J connectivity index is 0.00000324. The minimum atomic E-state index is -0.849. The van der Waals surface area contributed by atoms with E-state index in [1.165, 1.54) is 18.0 Å². The van der Waals surface area contributed by atoms with Crippen molar-refractivity contribution in [3.63, 3.8) is 0 Å². The van der Waals surface area contributed by atoms with Crippen LogP contribution in [0.3, 0.4) is 0 Å². The molecule has 0 saturated carbocycles. The van der Waals surface area contributed by atoms with Crippen LogP contribution in [-0.4, -0.2) is 24.0 Å². The molecule has 0 unspecified atom stereocenters. The van der Waals surface area contributed by atoms with E-state index in [4.69, 9.17) is 25.5 Å². The Labute approximate surface area is 226 Å². The molecule has 1 heterocycles. The first-order valence-electron chi connectivity index (χ1n) is 10.2. The summed E-state index contributed by atoms with van der Waals surface area (Å²) in [5, 5.41) is 0.541. The molecule has 1 aromatic heterocycles. The number of amides is 1. The van der Waals surface area contributed by atoms with Gasteiger partial charge in [0.1, 0.15) is 17.0 Å². The molecule has 4 rings (SSSR count). The van der Waals surface area contributed by atoms with Crippen molar-refractivity contribution in [3.8, 4) is 17.6 Å². The van der Waals surface area contributed by atoms with Crippen molar-refractivity contribution in [1.82, 2.24) is 4.98 Å². The van der Waals surface area contributed by atoms with Crippen molar-refractivity contribution < 1.29 is 55.8 Å². The van der Waals surface area contributed by atoms with Crippen molar-refractivity contribution in [2.75, 3.05) is 11.9 Å². The molecule has 34 heavy (non-hydrogen) atoms. The molecule has 9 heteroatoms. The number of halogens is 2. The summed E-state index contributed by atoms with van der Waals surface area (Å²) in [6, 6.07) is 16.1. The van der Waals surface area contributed by atoms with Crippen molar-refractivity contribution in [1.29, 1.82) is 0 Å². The summed E-state index contributed by atoms with van der Waals surface area (Å²) < 4.78 is 31.3. The number of rotatable bonds is 6. The fraction of sp³-hybridized carbons (Fsp3) is 0.200. The number of likely N-dealkylation sites (N-methyl/N-ethyl adjacent to an activating group) is 1. The molecule has 0 bridgehead atoms. The van der Waals surface area contributed by atoms with E-state index in [0.29, 0.717) is 27.6 Å². The first-order chi connectivity index (χ1) is 15.7. The van der Waals surface area contributed by atoms with Crippen LogP contribution in [-0.2, 0) is 37.5 Å². The molecule has 0 aliphatic carbocycles. The third-order valence-electron chi connectivity index (χ3n) is 5.15. The van der Waals surface area contributed by atoms with Gasteiger partial charge < -0.3 is 18.8 Å². The second kappa shape index (κ2) is 10.8. The first kappa shape index (κ1) is 26.1. The summed E-state index contributed by atoms with van der Waals surface area (Å²) in [6.45, 7) is 5.21. The molecule has 3 aromatic carbocycles. The van der Waals surface area contributed by atoms with E-state index in [0.717, 1.165) is 11.1 Å². The zero-order valence-electron chi connectivity index (χ0n) is 19.1. The third kappa shape index (κ3) is 5.77. The molecule has 1 amide bonds. The van der Waals surface area contributed by atoms with Gasteiger partial charge in [-0.3, -0.25) is 9.18 Å². The number of carbonyl (C=O) groups is 1. The van der Waals surface area contributed by atoms with Crippen LogP contribution in [0.4, 0.5) is 10.1 Å². The van der Waals surface area contributed by atoms with Crippen LogP contribution in [0.25, 0.3) is 11.1 Å². The molecule has 1 radical (unpaired) electrons. The van der Waals surface area contributed by atoms with Crippen LogP contribution >= 0.6 is 11.6 Å². The monoisotopic (exact) mass is 556 g/mol. The number of anilines is 1. The molecule has 0 fully saturated rings. The first-order valence-corrected chi connectivity index (χ1v) is 10.6. The molecule has 0 aliphatic heterocycles. The van der Waals surface area contributed by atoms with Gasteiger partial charge in [-0.15, -0.1) is 6.07 Å². The Kier molecular flexibility index (Phi) is 8.34. The predicted molar refractivity (Wildman–Crippen MR) is 124 cm³/mol. The van der Waals surface area contributed by atoms with Gasteiger partial charge in [-0.2, -0.15) is 22.2 Å². The Morgan fingerprint density at radius 2 is 1.82 bits per heavy atom. The fourth-order valence-electron chi connectivity index (χ4n) is 3.19. The summed E-state index contributed by atoms with van der Waals surface area (Å²) in [7, 11) is 1.50. The predicted octanol–water partition coefficient (Wildman–Crippen LogP) is 6.26. The summed E-state index contributed by atoms with van der Waals surface area (Å²) >= 11 is 5.95. The van der Waals surface area contributed by atoms with E-state index in [1.807, 2.05) is 6.92 Å². The molecular formula is C25H21ClFN2O4Y-. The number of oxazole rings is 1. The molecule has 6 nitrogen and oxygen atoms in total. The topological polar surface area (TPSA) is 64.8 Å². The van der Waals surface area contributed by atoms with Gasteiger partial charge in [0.05, 0.1) is 0 Å². The number of nitrogens with zero attached hydrogens (tertiary/aromatic N) is 2. The van der Waals surface area contributed by atoms with Gasteiger partial charge in [-0.05, 0) is 49.0 Å². The molecule has 173 valence electrons. The van der Waals surface area contributed by atoms with E-state index in [2.05, 4.69) is 11.1 Å². The third-order valence-corrected chi connectivity index (χ3v) is 5.39. The van der Waals surface area contributed by atoms with Gasteiger partial charge in [0.2, 0.25) is 0 Å². The van der Waals surface area contributed by atoms with Crippen molar-refractivity contribution in [3.05, 3.63) is 76.6 Å². The number of benzene rings is 3. The van der Waals surface area contributed by atoms with Crippen molar-refractivity contribution >= 4 is 34.3 Å². The number of hydrogen-bond donors (Lipinski definition) is 0. The van der Waals surface area contributed by atoms with Gasteiger partial charge in [-0.1, -0.05) is 25.4 Å². The van der Waals surface area contributed by atoms with E-state index in [-0.39, 0.29) is 44.5 Å². The summed E-state index contributed by atoms with van der Waals surface area (Å²) in [6.07, 6.45) is -0.768. The van der Waals surface area contributed by atoms with Crippen LogP contribution in [0, 0.1) is 25.7 Å². The van der Waals surface area contributed by atoms with E-state index in [1.54, 1.807) is 56.3 Å².